The van der Waals surface area contributed by atoms with E-state index in [1.807, 2.05) is 55.2 Å². The van der Waals surface area contributed by atoms with Crippen molar-refractivity contribution < 1.29 is 14.0 Å². The molecule has 1 N–H and O–H groups in total. The summed E-state index contributed by atoms with van der Waals surface area (Å²) in [5.41, 5.74) is 3.71. The molecule has 1 aromatic heterocycles. The predicted octanol–water partition coefficient (Wildman–Crippen LogP) is 3.91. The zero-order chi connectivity index (χ0) is 26.3. The van der Waals surface area contributed by atoms with Gasteiger partial charge in [0.15, 0.2) is 5.58 Å². The van der Waals surface area contributed by atoms with Crippen LogP contribution in [-0.2, 0) is 4.79 Å². The van der Waals surface area contributed by atoms with Crippen LogP contribution in [-0.4, -0.2) is 77.4 Å². The number of carbonyl (C=O) groups excluding carboxylic acids is 2. The number of aromatic nitrogens is 1. The number of amides is 2. The van der Waals surface area contributed by atoms with Crippen LogP contribution in [0, 0.1) is 0 Å². The molecule has 2 amide bonds. The van der Waals surface area contributed by atoms with Gasteiger partial charge in [0.1, 0.15) is 5.52 Å². The van der Waals surface area contributed by atoms with Crippen LogP contribution >= 0.6 is 0 Å². The Bertz CT molecular complexity index is 1260. The van der Waals surface area contributed by atoms with E-state index in [1.54, 1.807) is 0 Å². The minimum atomic E-state index is -0.118. The van der Waals surface area contributed by atoms with Crippen LogP contribution in [0.2, 0.25) is 0 Å². The highest BCUT2D eigenvalue weighted by molar-refractivity contribution is 6.05. The Morgan fingerprint density at radius 1 is 1.24 bits per heavy atom. The van der Waals surface area contributed by atoms with Crippen LogP contribution in [0.25, 0.3) is 11.1 Å². The third kappa shape index (κ3) is 4.59. The Morgan fingerprint density at radius 3 is 2.65 bits per heavy atom. The molecule has 1 saturated carbocycles. The fourth-order valence-corrected chi connectivity index (χ4v) is 6.01. The van der Waals surface area contributed by atoms with E-state index in [-0.39, 0.29) is 23.9 Å². The number of nitrogens with one attached hydrogen (secondary N) is 1. The van der Waals surface area contributed by atoms with Crippen LogP contribution in [0.5, 0.6) is 0 Å². The van der Waals surface area contributed by atoms with Gasteiger partial charge in [-0.15, -0.1) is 0 Å². The monoisotopic (exact) mass is 503 g/mol. The highest BCUT2D eigenvalue weighted by Crippen LogP contribution is 2.40. The van der Waals surface area contributed by atoms with E-state index in [0.717, 1.165) is 24.8 Å². The van der Waals surface area contributed by atoms with Crippen LogP contribution in [0.3, 0.4) is 0 Å². The molecule has 2 bridgehead atoms. The zero-order valence-corrected chi connectivity index (χ0v) is 22.2. The molecule has 3 saturated heterocycles. The quantitative estimate of drug-likeness (QED) is 0.366. The van der Waals surface area contributed by atoms with Gasteiger partial charge in [-0.1, -0.05) is 37.8 Å². The molecule has 8 nitrogen and oxygen atoms in total. The fraction of sp³-hybridized carbons (Fsp3) is 0.483. The van der Waals surface area contributed by atoms with Crippen molar-refractivity contribution in [3.8, 4) is 0 Å². The summed E-state index contributed by atoms with van der Waals surface area (Å²) in [4.78, 5) is 37.4. The predicted molar refractivity (Wildman–Crippen MR) is 146 cm³/mol. The summed E-state index contributed by atoms with van der Waals surface area (Å²) in [6, 6.07) is 6.85. The summed E-state index contributed by atoms with van der Waals surface area (Å²) in [7, 11) is 2.12. The third-order valence-electron chi connectivity index (χ3n) is 8.02. The van der Waals surface area contributed by atoms with Gasteiger partial charge in [0, 0.05) is 49.4 Å². The smallest absolute Gasteiger partial charge is 0.298 e. The highest BCUT2D eigenvalue weighted by Gasteiger charge is 2.46. The number of hydrogen-bond donors (Lipinski definition) is 1. The molecule has 4 aliphatic rings. The van der Waals surface area contributed by atoms with E-state index in [0.29, 0.717) is 54.4 Å². The maximum atomic E-state index is 13.3. The van der Waals surface area contributed by atoms with Gasteiger partial charge in [0.2, 0.25) is 0 Å². The first kappa shape index (κ1) is 25.3. The maximum Gasteiger partial charge on any atom is 0.298 e. The highest BCUT2D eigenvalue weighted by atomic mass is 16.4. The van der Waals surface area contributed by atoms with Crippen molar-refractivity contribution in [1.82, 2.24) is 20.1 Å². The van der Waals surface area contributed by atoms with Crippen LogP contribution in [0.1, 0.15) is 50.4 Å². The van der Waals surface area contributed by atoms with Gasteiger partial charge in [-0.25, -0.2) is 0 Å². The molecule has 0 radical (unpaired) electrons. The number of hydrogen-bond acceptors (Lipinski definition) is 6. The van der Waals surface area contributed by atoms with Gasteiger partial charge in [-0.05, 0) is 57.9 Å². The average Bonchev–Trinajstić information content (AvgIpc) is 3.33. The first-order valence-electron chi connectivity index (χ1n) is 13.3. The number of piperidine rings is 1. The minimum absolute atomic E-state index is 0.0237. The second-order valence-corrected chi connectivity index (χ2v) is 10.4. The van der Waals surface area contributed by atoms with Crippen molar-refractivity contribution in [2.45, 2.75) is 64.2 Å². The van der Waals surface area contributed by atoms with Crippen molar-refractivity contribution in [2.75, 3.05) is 31.6 Å². The number of piperazine rings is 1. The lowest BCUT2D eigenvalue weighted by molar-refractivity contribution is -0.127. The molecule has 1 aromatic carbocycles. The summed E-state index contributed by atoms with van der Waals surface area (Å²) in [5, 5.41) is 3.22. The lowest BCUT2D eigenvalue weighted by Gasteiger charge is -2.55. The molecular weight excluding hydrogens is 466 g/mol. The summed E-state index contributed by atoms with van der Waals surface area (Å²) < 4.78 is 6.12. The summed E-state index contributed by atoms with van der Waals surface area (Å²) in [5.74, 6) is -0.0641. The Morgan fingerprint density at radius 2 is 2.00 bits per heavy atom. The van der Waals surface area contributed by atoms with Gasteiger partial charge in [-0.2, -0.15) is 4.98 Å². The molecule has 6 rings (SSSR count). The molecule has 2 aromatic rings. The maximum absolute atomic E-state index is 13.3. The van der Waals surface area contributed by atoms with E-state index in [2.05, 4.69) is 35.7 Å². The van der Waals surface area contributed by atoms with Gasteiger partial charge in [0.05, 0.1) is 5.56 Å². The normalized spacial score (nSPS) is 26.6. The molecule has 196 valence electrons. The Kier molecular flexibility index (Phi) is 6.94. The first-order valence-corrected chi connectivity index (χ1v) is 13.3. The number of para-hydroxylation sites is 1. The molecule has 8 heteroatoms. The van der Waals surface area contributed by atoms with Crippen LogP contribution < -0.4 is 10.2 Å². The zero-order valence-electron chi connectivity index (χ0n) is 22.2. The van der Waals surface area contributed by atoms with Crippen molar-refractivity contribution in [3.05, 3.63) is 59.7 Å². The van der Waals surface area contributed by atoms with Crippen molar-refractivity contribution >= 4 is 28.9 Å². The molecule has 3 atom stereocenters. The topological polar surface area (TPSA) is 81.9 Å². The second kappa shape index (κ2) is 10.2. The standard InChI is InChI=1S/C29H37N5O3/c1-6-9-20(10-7-2)28(36)33-13-14-34(18(3)17-33)29-31-26-22(11-8-12-25(26)37-29)27(35)30-21-15-23-19(4)24(16-21)32(23)5/h6,8-12,18,21,23-24H,4,7,13-17H2,1-3,5H3,(H,30,35)/b9-6-,20-10+/t18-,21?,23?,24?/m0/s1. The average molecular weight is 504 g/mol. The molecule has 4 heterocycles. The number of likely N-dealkylation sites (N-methyl/N-ethyl adjacent to an activating group) is 1. The second-order valence-electron chi connectivity index (χ2n) is 10.4. The Balaban J connectivity index is 1.29. The van der Waals surface area contributed by atoms with Gasteiger partial charge in [0.25, 0.3) is 17.8 Å². The number of nitrogens with zero attached hydrogens (tertiary/aromatic N) is 4. The van der Waals surface area contributed by atoms with Crippen molar-refractivity contribution in [3.63, 3.8) is 0 Å². The third-order valence-corrected chi connectivity index (χ3v) is 8.02. The number of carbonyl (C=O) groups is 2. The Hall–Kier alpha value is -3.39. The van der Waals surface area contributed by atoms with Crippen molar-refractivity contribution in [2.24, 2.45) is 0 Å². The number of allylic oxidation sites excluding steroid dienone is 2. The van der Waals surface area contributed by atoms with Gasteiger partial charge >= 0.3 is 0 Å². The summed E-state index contributed by atoms with van der Waals surface area (Å²) >= 11 is 0. The molecular formula is C29H37N5O3. The molecule has 4 fully saturated rings. The van der Waals surface area contributed by atoms with E-state index in [4.69, 9.17) is 9.40 Å². The molecule has 2 unspecified atom stereocenters. The number of fused-ring (bicyclic) bond motifs is 3. The number of oxazole rings is 1. The largest absolute Gasteiger partial charge is 0.423 e. The van der Waals surface area contributed by atoms with Crippen LogP contribution in [0.15, 0.2) is 58.6 Å². The molecule has 3 aliphatic heterocycles. The van der Waals surface area contributed by atoms with Gasteiger partial charge < -0.3 is 19.5 Å². The van der Waals surface area contributed by atoms with E-state index >= 15 is 0 Å². The number of benzene rings is 1. The van der Waals surface area contributed by atoms with E-state index in [9.17, 15) is 9.59 Å². The van der Waals surface area contributed by atoms with E-state index < -0.39 is 0 Å². The fourth-order valence-electron chi connectivity index (χ4n) is 6.01. The summed E-state index contributed by atoms with van der Waals surface area (Å²) in [6.45, 7) is 12.0. The minimum Gasteiger partial charge on any atom is -0.423 e. The van der Waals surface area contributed by atoms with Crippen LogP contribution in [0.4, 0.5) is 6.01 Å². The Labute approximate surface area is 218 Å². The molecule has 37 heavy (non-hydrogen) atoms. The summed E-state index contributed by atoms with van der Waals surface area (Å²) in [6.07, 6.45) is 8.34. The van der Waals surface area contributed by atoms with Gasteiger partial charge in [-0.3, -0.25) is 14.5 Å². The SMILES string of the molecule is C=C1C2CC(NC(=O)c3cccc4oc(N5CCN(C(=O)C(/C=C\C)=C/CC)C[C@@H]5C)nc34)CC1N2C. The molecule has 1 aliphatic carbocycles. The lowest BCUT2D eigenvalue weighted by Crippen LogP contribution is -2.64. The lowest BCUT2D eigenvalue weighted by atomic mass is 9.74. The number of rotatable bonds is 6. The number of anilines is 1. The molecule has 0 spiro atoms. The first-order chi connectivity index (χ1) is 17.8. The van der Waals surface area contributed by atoms with Crippen molar-refractivity contribution in [1.29, 1.82) is 0 Å². The van der Waals surface area contributed by atoms with E-state index in [1.165, 1.54) is 5.57 Å².